The Kier molecular flexibility index (Phi) is 6.75. The normalized spacial score (nSPS) is 13.0. The number of benzene rings is 4. The Labute approximate surface area is 220 Å². The van der Waals surface area contributed by atoms with Crippen LogP contribution in [0.5, 0.6) is 0 Å². The Morgan fingerprint density at radius 3 is 2.38 bits per heavy atom. The summed E-state index contributed by atoms with van der Waals surface area (Å²) in [4.78, 5) is 35.1. The van der Waals surface area contributed by atoms with E-state index in [1.807, 2.05) is 66.7 Å². The first-order chi connectivity index (χ1) is 17.7. The number of aromatic amines is 1. The molecule has 0 saturated heterocycles. The molecule has 1 aromatic heterocycles. The summed E-state index contributed by atoms with van der Waals surface area (Å²) in [6.07, 6.45) is 3.27. The number of hydrogen-bond donors (Lipinski definition) is 2. The van der Waals surface area contributed by atoms with Crippen LogP contribution in [0.3, 0.4) is 0 Å². The van der Waals surface area contributed by atoms with Crippen LogP contribution in [0, 0.1) is 0 Å². The third-order valence-corrected chi connectivity index (χ3v) is 6.60. The molecule has 37 heavy (non-hydrogen) atoms. The van der Waals surface area contributed by atoms with Gasteiger partial charge in [-0.15, -0.1) is 12.4 Å². The van der Waals surface area contributed by atoms with Gasteiger partial charge in [0.15, 0.2) is 0 Å². The van der Waals surface area contributed by atoms with E-state index in [4.69, 9.17) is 0 Å². The number of carbonyl (C=O) groups is 2. The summed E-state index contributed by atoms with van der Waals surface area (Å²) in [5.74, 6) is -0.575. The van der Waals surface area contributed by atoms with Crippen LogP contribution in [-0.4, -0.2) is 21.8 Å². The monoisotopic (exact) mass is 508 g/mol. The van der Waals surface area contributed by atoms with Crippen LogP contribution in [0.15, 0.2) is 97.3 Å². The van der Waals surface area contributed by atoms with Crippen molar-refractivity contribution in [2.45, 2.75) is 19.3 Å². The smallest absolute Gasteiger partial charge is 0.241 e. The molecular formula is C30H25ClN4O2. The maximum atomic E-state index is 13.2. The number of rotatable bonds is 5. The van der Waals surface area contributed by atoms with Gasteiger partial charge in [0.1, 0.15) is 6.42 Å². The molecule has 0 saturated carbocycles. The molecule has 4 aromatic carbocycles. The van der Waals surface area contributed by atoms with E-state index in [0.717, 1.165) is 40.6 Å². The predicted octanol–water partition coefficient (Wildman–Crippen LogP) is 6.44. The number of amides is 2. The molecule has 7 heteroatoms. The number of aryl methyl sites for hydroxylation is 2. The number of fused-ring (bicyclic) bond motifs is 3. The average molecular weight is 509 g/mol. The van der Waals surface area contributed by atoms with E-state index >= 15 is 0 Å². The van der Waals surface area contributed by atoms with Crippen molar-refractivity contribution in [2.24, 2.45) is 0 Å². The average Bonchev–Trinajstić information content (AvgIpc) is 3.33. The van der Waals surface area contributed by atoms with Gasteiger partial charge in [0.25, 0.3) is 0 Å². The van der Waals surface area contributed by atoms with Gasteiger partial charge in [-0.25, -0.2) is 4.98 Å². The fourth-order valence-corrected chi connectivity index (χ4v) is 4.84. The van der Waals surface area contributed by atoms with Crippen LogP contribution in [0.4, 0.5) is 17.1 Å². The molecule has 0 atom stereocenters. The number of hydrogen-bond acceptors (Lipinski definition) is 3. The van der Waals surface area contributed by atoms with E-state index in [9.17, 15) is 9.59 Å². The second kappa shape index (κ2) is 10.3. The van der Waals surface area contributed by atoms with Crippen molar-refractivity contribution in [2.75, 3.05) is 10.2 Å². The summed E-state index contributed by atoms with van der Waals surface area (Å²) >= 11 is 0. The maximum Gasteiger partial charge on any atom is 0.241 e. The number of anilines is 3. The summed E-state index contributed by atoms with van der Waals surface area (Å²) in [6.45, 7) is 0. The standard InChI is InChI=1S/C30H24N4O2.ClH/c35-27-18-28(36)34(26-17-13-21-8-4-5-9-24(21)30(26)33-27)23-14-11-22(12-15-23)29-25(31-19-32-29)16-10-20-6-2-1-3-7-20;/h1-9,11-15,17,19H,10,16,18H2,(H,31,32)(H,33,35);1H. The predicted molar refractivity (Wildman–Crippen MR) is 149 cm³/mol. The lowest BCUT2D eigenvalue weighted by Crippen LogP contribution is -2.26. The zero-order valence-electron chi connectivity index (χ0n) is 20.0. The molecule has 0 aliphatic carbocycles. The number of aromatic nitrogens is 2. The number of carbonyl (C=O) groups excluding carboxylic acids is 2. The third-order valence-electron chi connectivity index (χ3n) is 6.60. The quantitative estimate of drug-likeness (QED) is 0.268. The zero-order chi connectivity index (χ0) is 24.5. The highest BCUT2D eigenvalue weighted by molar-refractivity contribution is 6.21. The first kappa shape index (κ1) is 24.3. The summed E-state index contributed by atoms with van der Waals surface area (Å²) in [5, 5.41) is 4.85. The molecule has 0 radical (unpaired) electrons. The molecule has 0 unspecified atom stereocenters. The SMILES string of the molecule is Cl.O=C1CC(=O)N(c2ccc(-c3nc[nH]c3CCc3ccccc3)cc2)c2ccc3ccccc3c2N1. The summed E-state index contributed by atoms with van der Waals surface area (Å²) < 4.78 is 0. The van der Waals surface area contributed by atoms with Gasteiger partial charge in [-0.3, -0.25) is 14.5 Å². The van der Waals surface area contributed by atoms with E-state index in [2.05, 4.69) is 39.6 Å². The van der Waals surface area contributed by atoms with Crippen molar-refractivity contribution in [3.8, 4) is 11.3 Å². The van der Waals surface area contributed by atoms with Gasteiger partial charge in [0, 0.05) is 22.3 Å². The second-order valence-electron chi connectivity index (χ2n) is 8.90. The Bertz CT molecular complexity index is 1580. The van der Waals surface area contributed by atoms with Gasteiger partial charge in [-0.2, -0.15) is 0 Å². The maximum absolute atomic E-state index is 13.2. The Hall–Kier alpha value is -4.42. The largest absolute Gasteiger partial charge is 0.348 e. The lowest BCUT2D eigenvalue weighted by Gasteiger charge is -2.23. The molecule has 2 heterocycles. The highest BCUT2D eigenvalue weighted by Crippen LogP contribution is 2.40. The first-order valence-electron chi connectivity index (χ1n) is 12.0. The number of halogens is 1. The highest BCUT2D eigenvalue weighted by Gasteiger charge is 2.28. The number of nitrogens with one attached hydrogen (secondary N) is 2. The van der Waals surface area contributed by atoms with Crippen molar-refractivity contribution >= 4 is 52.1 Å². The van der Waals surface area contributed by atoms with Crippen molar-refractivity contribution in [3.05, 3.63) is 109 Å². The molecule has 184 valence electrons. The minimum atomic E-state index is -0.309. The Morgan fingerprint density at radius 2 is 1.57 bits per heavy atom. The molecule has 1 aliphatic rings. The van der Waals surface area contributed by atoms with Crippen LogP contribution < -0.4 is 10.2 Å². The highest BCUT2D eigenvalue weighted by atomic mass is 35.5. The number of H-pyrrole nitrogens is 1. The lowest BCUT2D eigenvalue weighted by molar-refractivity contribution is -0.124. The summed E-state index contributed by atoms with van der Waals surface area (Å²) in [6, 6.07) is 29.9. The minimum absolute atomic E-state index is 0. The number of imidazole rings is 1. The molecule has 5 aromatic rings. The van der Waals surface area contributed by atoms with Gasteiger partial charge in [0.05, 0.1) is 23.4 Å². The van der Waals surface area contributed by atoms with Crippen molar-refractivity contribution in [1.29, 1.82) is 0 Å². The van der Waals surface area contributed by atoms with Gasteiger partial charge >= 0.3 is 0 Å². The lowest BCUT2D eigenvalue weighted by atomic mass is 10.0. The molecule has 2 amide bonds. The fourth-order valence-electron chi connectivity index (χ4n) is 4.84. The zero-order valence-corrected chi connectivity index (χ0v) is 20.8. The van der Waals surface area contributed by atoms with Gasteiger partial charge in [0.2, 0.25) is 11.8 Å². The topological polar surface area (TPSA) is 78.1 Å². The molecule has 0 spiro atoms. The summed E-state index contributed by atoms with van der Waals surface area (Å²) in [7, 11) is 0. The van der Waals surface area contributed by atoms with Crippen LogP contribution in [0.2, 0.25) is 0 Å². The molecule has 1 aliphatic heterocycles. The van der Waals surface area contributed by atoms with Crippen LogP contribution in [-0.2, 0) is 22.4 Å². The van der Waals surface area contributed by atoms with Crippen molar-refractivity contribution in [3.63, 3.8) is 0 Å². The molecule has 0 bridgehead atoms. The van der Waals surface area contributed by atoms with Crippen LogP contribution in [0.25, 0.3) is 22.0 Å². The van der Waals surface area contributed by atoms with Gasteiger partial charge < -0.3 is 10.3 Å². The van der Waals surface area contributed by atoms with Crippen molar-refractivity contribution < 1.29 is 9.59 Å². The van der Waals surface area contributed by atoms with Crippen molar-refractivity contribution in [1.82, 2.24) is 9.97 Å². The summed E-state index contributed by atoms with van der Waals surface area (Å²) in [5.41, 5.74) is 6.26. The minimum Gasteiger partial charge on any atom is -0.348 e. The van der Waals surface area contributed by atoms with E-state index < -0.39 is 0 Å². The molecule has 6 rings (SSSR count). The molecule has 2 N–H and O–H groups in total. The molecule has 0 fully saturated rings. The second-order valence-corrected chi connectivity index (χ2v) is 8.90. The fraction of sp³-hybridized carbons (Fsp3) is 0.100. The molecular weight excluding hydrogens is 484 g/mol. The Balaban J connectivity index is 0.00000280. The van der Waals surface area contributed by atoms with E-state index in [1.165, 1.54) is 5.56 Å². The first-order valence-corrected chi connectivity index (χ1v) is 12.0. The van der Waals surface area contributed by atoms with E-state index in [0.29, 0.717) is 17.1 Å². The number of nitrogens with zero attached hydrogens (tertiary/aromatic N) is 2. The van der Waals surface area contributed by atoms with Crippen LogP contribution in [0.1, 0.15) is 17.7 Å². The molecule has 6 nitrogen and oxygen atoms in total. The Morgan fingerprint density at radius 1 is 0.811 bits per heavy atom. The van der Waals surface area contributed by atoms with Gasteiger partial charge in [-0.1, -0.05) is 72.8 Å². The van der Waals surface area contributed by atoms with Crippen LogP contribution >= 0.6 is 12.4 Å². The van der Waals surface area contributed by atoms with E-state index in [-0.39, 0.29) is 30.6 Å². The van der Waals surface area contributed by atoms with E-state index in [1.54, 1.807) is 11.2 Å². The van der Waals surface area contributed by atoms with Gasteiger partial charge in [-0.05, 0) is 42.0 Å². The third kappa shape index (κ3) is 4.71.